The van der Waals surface area contributed by atoms with Gasteiger partial charge in [0.15, 0.2) is 0 Å². The highest BCUT2D eigenvalue weighted by molar-refractivity contribution is 5.72. The number of benzene rings is 1. The SMILES string of the molecule is CNC(C)=O.COc1ccc(C)cc1. The number of amides is 1. The molecule has 0 radical (unpaired) electrons. The molecule has 1 amide bonds. The normalized spacial score (nSPS) is 8.29. The molecule has 0 heterocycles. The minimum absolute atomic E-state index is 0.00463. The van der Waals surface area contributed by atoms with E-state index in [1.165, 1.54) is 12.5 Å². The summed E-state index contributed by atoms with van der Waals surface area (Å²) in [5.74, 6) is 0.922. The highest BCUT2D eigenvalue weighted by atomic mass is 16.5. The minimum Gasteiger partial charge on any atom is -0.497 e. The van der Waals surface area contributed by atoms with Crippen molar-refractivity contribution in [1.29, 1.82) is 0 Å². The van der Waals surface area contributed by atoms with Gasteiger partial charge in [0.2, 0.25) is 5.91 Å². The third-order valence-corrected chi connectivity index (χ3v) is 1.61. The van der Waals surface area contributed by atoms with Gasteiger partial charge in [-0.15, -0.1) is 0 Å². The van der Waals surface area contributed by atoms with E-state index in [1.807, 2.05) is 24.3 Å². The first-order chi connectivity index (χ1) is 6.60. The lowest BCUT2D eigenvalue weighted by atomic mass is 10.2. The monoisotopic (exact) mass is 195 g/mol. The van der Waals surface area contributed by atoms with Crippen molar-refractivity contribution in [2.24, 2.45) is 0 Å². The van der Waals surface area contributed by atoms with Crippen LogP contribution in [0.15, 0.2) is 24.3 Å². The number of ether oxygens (including phenoxy) is 1. The van der Waals surface area contributed by atoms with Gasteiger partial charge in [-0.25, -0.2) is 0 Å². The van der Waals surface area contributed by atoms with Crippen molar-refractivity contribution < 1.29 is 9.53 Å². The molecule has 0 saturated carbocycles. The summed E-state index contributed by atoms with van der Waals surface area (Å²) in [6.45, 7) is 3.53. The van der Waals surface area contributed by atoms with E-state index >= 15 is 0 Å². The zero-order valence-corrected chi connectivity index (χ0v) is 9.13. The van der Waals surface area contributed by atoms with E-state index in [2.05, 4.69) is 12.2 Å². The molecule has 0 unspecified atom stereocenters. The van der Waals surface area contributed by atoms with Crippen LogP contribution in [0.3, 0.4) is 0 Å². The van der Waals surface area contributed by atoms with Gasteiger partial charge in [-0.3, -0.25) is 4.79 Å². The standard InChI is InChI=1S/C8H10O.C3H7NO/c1-7-3-5-8(9-2)6-4-7;1-3(5)4-2/h3-6H,1-2H3;1-2H3,(H,4,5). The molecular weight excluding hydrogens is 178 g/mol. The summed E-state index contributed by atoms with van der Waals surface area (Å²) in [5.41, 5.74) is 1.26. The Morgan fingerprint density at radius 3 is 2.00 bits per heavy atom. The maximum atomic E-state index is 9.70. The first-order valence-corrected chi connectivity index (χ1v) is 4.39. The van der Waals surface area contributed by atoms with Crippen LogP contribution in [0.2, 0.25) is 0 Å². The lowest BCUT2D eigenvalue weighted by molar-refractivity contribution is -0.118. The largest absolute Gasteiger partial charge is 0.497 e. The minimum atomic E-state index is 0.00463. The van der Waals surface area contributed by atoms with Crippen molar-refractivity contribution in [2.75, 3.05) is 14.2 Å². The average molecular weight is 195 g/mol. The summed E-state index contributed by atoms with van der Waals surface area (Å²) in [7, 11) is 3.27. The fourth-order valence-corrected chi connectivity index (χ4v) is 0.674. The second-order valence-electron chi connectivity index (χ2n) is 2.82. The van der Waals surface area contributed by atoms with Gasteiger partial charge >= 0.3 is 0 Å². The molecule has 0 bridgehead atoms. The van der Waals surface area contributed by atoms with Crippen LogP contribution in [-0.4, -0.2) is 20.1 Å². The fourth-order valence-electron chi connectivity index (χ4n) is 0.674. The molecule has 0 aliphatic rings. The quantitative estimate of drug-likeness (QED) is 0.741. The molecule has 0 spiro atoms. The van der Waals surface area contributed by atoms with E-state index in [0.717, 1.165) is 5.75 Å². The lowest BCUT2D eigenvalue weighted by Crippen LogP contribution is -2.11. The van der Waals surface area contributed by atoms with E-state index in [-0.39, 0.29) is 5.91 Å². The van der Waals surface area contributed by atoms with Crippen LogP contribution >= 0.6 is 0 Å². The third kappa shape index (κ3) is 6.06. The number of carbonyl (C=O) groups excluding carboxylic acids is 1. The summed E-state index contributed by atoms with van der Waals surface area (Å²) in [4.78, 5) is 9.70. The summed E-state index contributed by atoms with van der Waals surface area (Å²) < 4.78 is 4.97. The summed E-state index contributed by atoms with van der Waals surface area (Å²) in [6.07, 6.45) is 0. The van der Waals surface area contributed by atoms with Crippen LogP contribution in [0.1, 0.15) is 12.5 Å². The molecule has 0 fully saturated rings. The Morgan fingerprint density at radius 2 is 1.71 bits per heavy atom. The molecule has 14 heavy (non-hydrogen) atoms. The number of nitrogens with one attached hydrogen (secondary N) is 1. The van der Waals surface area contributed by atoms with E-state index in [4.69, 9.17) is 4.74 Å². The van der Waals surface area contributed by atoms with E-state index in [0.29, 0.717) is 0 Å². The predicted octanol–water partition coefficient (Wildman–Crippen LogP) is 1.76. The second-order valence-corrected chi connectivity index (χ2v) is 2.82. The molecule has 0 atom stereocenters. The number of hydrogen-bond donors (Lipinski definition) is 1. The van der Waals surface area contributed by atoms with Crippen molar-refractivity contribution in [1.82, 2.24) is 5.32 Å². The Morgan fingerprint density at radius 1 is 1.29 bits per heavy atom. The molecule has 0 aliphatic heterocycles. The Balaban J connectivity index is 0.000000292. The molecule has 1 aromatic rings. The second kappa shape index (κ2) is 6.95. The smallest absolute Gasteiger partial charge is 0.216 e. The van der Waals surface area contributed by atoms with Crippen molar-refractivity contribution in [3.8, 4) is 5.75 Å². The summed E-state index contributed by atoms with van der Waals surface area (Å²) in [5, 5.41) is 2.39. The van der Waals surface area contributed by atoms with Gasteiger partial charge in [-0.2, -0.15) is 0 Å². The molecule has 78 valence electrons. The highest BCUT2D eigenvalue weighted by Crippen LogP contribution is 2.09. The summed E-state index contributed by atoms with van der Waals surface area (Å²) in [6, 6.07) is 7.96. The topological polar surface area (TPSA) is 38.3 Å². The highest BCUT2D eigenvalue weighted by Gasteiger charge is 1.85. The van der Waals surface area contributed by atoms with Gasteiger partial charge in [0.05, 0.1) is 7.11 Å². The molecule has 3 heteroatoms. The van der Waals surface area contributed by atoms with Gasteiger partial charge in [0.1, 0.15) is 5.75 Å². The zero-order valence-electron chi connectivity index (χ0n) is 9.13. The maximum Gasteiger partial charge on any atom is 0.216 e. The lowest BCUT2D eigenvalue weighted by Gasteiger charge is -1.97. The summed E-state index contributed by atoms with van der Waals surface area (Å²) >= 11 is 0. The van der Waals surface area contributed by atoms with Crippen molar-refractivity contribution in [3.05, 3.63) is 29.8 Å². The number of rotatable bonds is 1. The van der Waals surface area contributed by atoms with E-state index in [9.17, 15) is 4.79 Å². The Bertz CT molecular complexity index is 267. The van der Waals surface area contributed by atoms with Crippen molar-refractivity contribution in [2.45, 2.75) is 13.8 Å². The Labute approximate surface area is 85.1 Å². The zero-order chi connectivity index (χ0) is 11.0. The predicted molar refractivity (Wildman–Crippen MR) is 57.5 cm³/mol. The number of aryl methyl sites for hydroxylation is 1. The van der Waals surface area contributed by atoms with Gasteiger partial charge in [0, 0.05) is 14.0 Å². The van der Waals surface area contributed by atoms with E-state index < -0.39 is 0 Å². The average Bonchev–Trinajstić information content (AvgIpc) is 2.20. The van der Waals surface area contributed by atoms with Gasteiger partial charge in [-0.05, 0) is 19.1 Å². The maximum absolute atomic E-state index is 9.70. The molecule has 0 saturated heterocycles. The van der Waals surface area contributed by atoms with Crippen LogP contribution in [-0.2, 0) is 4.79 Å². The van der Waals surface area contributed by atoms with Crippen LogP contribution in [0.4, 0.5) is 0 Å². The number of methoxy groups -OCH3 is 1. The van der Waals surface area contributed by atoms with Gasteiger partial charge in [-0.1, -0.05) is 17.7 Å². The molecule has 1 rings (SSSR count). The number of hydrogen-bond acceptors (Lipinski definition) is 2. The van der Waals surface area contributed by atoms with Crippen LogP contribution in [0, 0.1) is 6.92 Å². The molecule has 0 aliphatic carbocycles. The molecule has 1 aromatic carbocycles. The molecule has 3 nitrogen and oxygen atoms in total. The van der Waals surface area contributed by atoms with E-state index in [1.54, 1.807) is 14.2 Å². The third-order valence-electron chi connectivity index (χ3n) is 1.61. The Kier molecular flexibility index (Phi) is 6.20. The van der Waals surface area contributed by atoms with Crippen molar-refractivity contribution >= 4 is 5.91 Å². The number of carbonyl (C=O) groups is 1. The van der Waals surface area contributed by atoms with Crippen LogP contribution < -0.4 is 10.1 Å². The van der Waals surface area contributed by atoms with Gasteiger partial charge in [0.25, 0.3) is 0 Å². The molecule has 0 aromatic heterocycles. The first kappa shape index (κ1) is 12.5. The van der Waals surface area contributed by atoms with Crippen molar-refractivity contribution in [3.63, 3.8) is 0 Å². The Hall–Kier alpha value is -1.51. The molecular formula is C11H17NO2. The molecule has 1 N–H and O–H groups in total. The first-order valence-electron chi connectivity index (χ1n) is 4.39. The van der Waals surface area contributed by atoms with Gasteiger partial charge < -0.3 is 10.1 Å². The fraction of sp³-hybridized carbons (Fsp3) is 0.364. The van der Waals surface area contributed by atoms with Crippen LogP contribution in [0.5, 0.6) is 5.75 Å². The van der Waals surface area contributed by atoms with Crippen LogP contribution in [0.25, 0.3) is 0 Å².